The van der Waals surface area contributed by atoms with Gasteiger partial charge in [-0.05, 0) is 12.4 Å². The van der Waals surface area contributed by atoms with E-state index in [4.69, 9.17) is 17.7 Å². The van der Waals surface area contributed by atoms with E-state index in [1.54, 1.807) is 0 Å². The van der Waals surface area contributed by atoms with Crippen LogP contribution >= 0.6 is 0 Å². The lowest BCUT2D eigenvalue weighted by molar-refractivity contribution is 0.133. The van der Waals surface area contributed by atoms with Crippen LogP contribution in [0.5, 0.6) is 0 Å². The zero-order chi connectivity index (χ0) is 8.43. The van der Waals surface area contributed by atoms with Gasteiger partial charge >= 0.3 is 0 Å². The first-order chi connectivity index (χ1) is 5.16. The average Bonchev–Trinajstić information content (AvgIpc) is 2.17. The third kappa shape index (κ3) is 1.86. The van der Waals surface area contributed by atoms with Crippen molar-refractivity contribution >= 4 is 12.6 Å². The smallest absolute Gasteiger partial charge is 0.0723 e. The summed E-state index contributed by atoms with van der Waals surface area (Å²) >= 11 is 5.11. The molecule has 5 heteroatoms. The summed E-state index contributed by atoms with van der Waals surface area (Å²) in [5.41, 5.74) is 2.98. The molecule has 0 aromatic rings. The highest BCUT2D eigenvalue weighted by molar-refractivity contribution is 7.59. The van der Waals surface area contributed by atoms with Crippen molar-refractivity contribution in [2.24, 2.45) is 0 Å². The molecule has 0 radical (unpaired) electrons. The van der Waals surface area contributed by atoms with Crippen LogP contribution in [0.4, 0.5) is 0 Å². The first kappa shape index (κ1) is 9.28. The van der Waals surface area contributed by atoms with E-state index in [9.17, 15) is 0 Å². The van der Waals surface area contributed by atoms with Crippen LogP contribution in [0.25, 0.3) is 0 Å². The van der Waals surface area contributed by atoms with Crippen LogP contribution in [0.3, 0.4) is 0 Å². The molecule has 0 aromatic heterocycles. The molecule has 1 saturated heterocycles. The molecule has 2 N–H and O–H groups in total. The second-order valence-electron chi connectivity index (χ2n) is 2.69. The van der Waals surface area contributed by atoms with E-state index >= 15 is 0 Å². The third-order valence-corrected chi connectivity index (χ3v) is 2.39. The maximum Gasteiger partial charge on any atom is 0.0723 e. The van der Waals surface area contributed by atoms with Crippen LogP contribution in [0.15, 0.2) is 0 Å². The minimum Gasteiger partial charge on any atom is -0.757 e. The topological polar surface area (TPSA) is 38.7 Å². The van der Waals surface area contributed by atoms with E-state index in [0.717, 1.165) is 0 Å². The zero-order valence-corrected chi connectivity index (χ0v) is 7.64. The number of nitrogens with zero attached hydrogens (tertiary/aromatic N) is 2. The second kappa shape index (κ2) is 3.73. The molecule has 2 atom stereocenters. The fourth-order valence-corrected chi connectivity index (χ4v) is 1.64. The van der Waals surface area contributed by atoms with Crippen molar-refractivity contribution in [1.29, 1.82) is 0 Å². The molecule has 0 amide bonds. The molecule has 0 aliphatic carbocycles. The molecule has 66 valence electrons. The Morgan fingerprint density at radius 1 is 1.64 bits per heavy atom. The molecule has 11 heavy (non-hydrogen) atoms. The van der Waals surface area contributed by atoms with Crippen molar-refractivity contribution < 1.29 is 5.11 Å². The molecule has 2 unspecified atom stereocenters. The SMILES string of the molecule is CC1N(C)NC([S-])N1CCO. The second-order valence-corrected chi connectivity index (χ2v) is 3.13. The molecule has 1 aliphatic heterocycles. The Morgan fingerprint density at radius 3 is 2.64 bits per heavy atom. The quantitative estimate of drug-likeness (QED) is 0.523. The Hall–Kier alpha value is 0.190. The minimum absolute atomic E-state index is 0.0813. The summed E-state index contributed by atoms with van der Waals surface area (Å²) in [5, 5.41) is 10.7. The summed E-state index contributed by atoms with van der Waals surface area (Å²) < 4.78 is 0. The molecule has 0 saturated carbocycles. The molecule has 0 bridgehead atoms. The predicted molar refractivity (Wildman–Crippen MR) is 45.3 cm³/mol. The highest BCUT2D eigenvalue weighted by Gasteiger charge is 2.25. The van der Waals surface area contributed by atoms with Crippen molar-refractivity contribution in [1.82, 2.24) is 15.3 Å². The van der Waals surface area contributed by atoms with Crippen molar-refractivity contribution in [3.8, 4) is 0 Å². The van der Waals surface area contributed by atoms with E-state index < -0.39 is 0 Å². The number of nitrogens with one attached hydrogen (secondary N) is 1. The van der Waals surface area contributed by atoms with Gasteiger partial charge in [0.05, 0.1) is 12.8 Å². The highest BCUT2D eigenvalue weighted by atomic mass is 32.1. The van der Waals surface area contributed by atoms with Gasteiger partial charge in [-0.2, -0.15) is 0 Å². The van der Waals surface area contributed by atoms with Crippen LogP contribution in [-0.4, -0.2) is 46.9 Å². The zero-order valence-electron chi connectivity index (χ0n) is 6.82. The minimum atomic E-state index is -0.0813. The Balaban J connectivity index is 2.49. The van der Waals surface area contributed by atoms with Gasteiger partial charge in [0.15, 0.2) is 0 Å². The van der Waals surface area contributed by atoms with E-state index in [0.29, 0.717) is 6.54 Å². The van der Waals surface area contributed by atoms with Gasteiger partial charge in [0.1, 0.15) is 0 Å². The maximum atomic E-state index is 8.71. The Bertz CT molecular complexity index is 135. The maximum absolute atomic E-state index is 8.71. The fraction of sp³-hybridized carbons (Fsp3) is 1.00. The van der Waals surface area contributed by atoms with Gasteiger partial charge in [0.2, 0.25) is 0 Å². The lowest BCUT2D eigenvalue weighted by atomic mass is 10.4. The number of β-amino-alcohol motifs (C(OH)–C–C–N with tert-alkyl or cyclic N) is 1. The van der Waals surface area contributed by atoms with Gasteiger partial charge in [-0.15, -0.1) is 0 Å². The Kier molecular flexibility index (Phi) is 3.15. The van der Waals surface area contributed by atoms with Crippen LogP contribution < -0.4 is 5.43 Å². The van der Waals surface area contributed by atoms with Crippen molar-refractivity contribution in [3.63, 3.8) is 0 Å². The van der Waals surface area contributed by atoms with Crippen molar-refractivity contribution in [2.75, 3.05) is 20.2 Å². The molecule has 0 spiro atoms. The number of aliphatic hydroxyl groups is 1. The van der Waals surface area contributed by atoms with Crippen molar-refractivity contribution in [2.45, 2.75) is 18.6 Å². The van der Waals surface area contributed by atoms with Gasteiger partial charge < -0.3 is 17.7 Å². The summed E-state index contributed by atoms with van der Waals surface area (Å²) in [4.78, 5) is 2.02. The molecular formula is C6H14N3OS-. The Morgan fingerprint density at radius 2 is 2.27 bits per heavy atom. The number of hydrogen-bond acceptors (Lipinski definition) is 5. The van der Waals surface area contributed by atoms with Crippen LogP contribution in [0.1, 0.15) is 6.92 Å². The lowest BCUT2D eigenvalue weighted by Crippen LogP contribution is -2.38. The molecule has 1 fully saturated rings. The van der Waals surface area contributed by atoms with E-state index in [2.05, 4.69) is 12.3 Å². The standard InChI is InChI=1S/C6H15N3OS/c1-5-8(2)7-6(11)9(5)3-4-10/h5-7,10-11H,3-4H2,1-2H3/p-1. The summed E-state index contributed by atoms with van der Waals surface area (Å²) in [6.07, 6.45) is 0.268. The van der Waals surface area contributed by atoms with E-state index in [1.807, 2.05) is 17.0 Å². The van der Waals surface area contributed by atoms with Crippen molar-refractivity contribution in [3.05, 3.63) is 0 Å². The van der Waals surface area contributed by atoms with E-state index in [1.165, 1.54) is 0 Å². The van der Waals surface area contributed by atoms with Gasteiger partial charge in [0, 0.05) is 13.6 Å². The van der Waals surface area contributed by atoms with Crippen LogP contribution in [0.2, 0.25) is 0 Å². The normalized spacial score (nSPS) is 34.9. The summed E-state index contributed by atoms with van der Waals surface area (Å²) in [7, 11) is 1.95. The van der Waals surface area contributed by atoms with Gasteiger partial charge in [0.25, 0.3) is 0 Å². The molecule has 4 nitrogen and oxygen atoms in total. The highest BCUT2D eigenvalue weighted by Crippen LogP contribution is 2.11. The predicted octanol–water partition coefficient (Wildman–Crippen LogP) is -1.09. The molecule has 1 heterocycles. The summed E-state index contributed by atoms with van der Waals surface area (Å²) in [6.45, 7) is 2.84. The Labute approximate surface area is 72.5 Å². The summed E-state index contributed by atoms with van der Waals surface area (Å²) in [5.74, 6) is 0. The average molecular weight is 176 g/mol. The van der Waals surface area contributed by atoms with Gasteiger partial charge in [-0.3, -0.25) is 10.3 Å². The molecule has 1 aliphatic rings. The fourth-order valence-electron chi connectivity index (χ4n) is 1.19. The van der Waals surface area contributed by atoms with E-state index in [-0.39, 0.29) is 18.3 Å². The molecular weight excluding hydrogens is 162 g/mol. The number of rotatable bonds is 2. The number of hydrogen-bond donors (Lipinski definition) is 2. The first-order valence-electron chi connectivity index (χ1n) is 3.68. The first-order valence-corrected chi connectivity index (χ1v) is 4.15. The molecule has 0 aromatic carbocycles. The van der Waals surface area contributed by atoms with Gasteiger partial charge in [-0.1, -0.05) is 0 Å². The van der Waals surface area contributed by atoms with Crippen LogP contribution in [-0.2, 0) is 12.6 Å². The summed E-state index contributed by atoms with van der Waals surface area (Å²) in [6, 6.07) is 0. The number of hydrazine groups is 1. The monoisotopic (exact) mass is 176 g/mol. The largest absolute Gasteiger partial charge is 0.757 e. The van der Waals surface area contributed by atoms with Gasteiger partial charge in [-0.25, -0.2) is 5.01 Å². The molecule has 1 rings (SSSR count). The van der Waals surface area contributed by atoms with Crippen LogP contribution in [0, 0.1) is 0 Å². The number of aliphatic hydroxyl groups excluding tert-OH is 1. The lowest BCUT2D eigenvalue weighted by Gasteiger charge is -2.29. The third-order valence-electron chi connectivity index (χ3n) is 2.01.